The molecule has 1 unspecified atom stereocenters. The Balaban J connectivity index is 2.82. The average molecular weight is 267 g/mol. The molecule has 0 heterocycles. The summed E-state index contributed by atoms with van der Waals surface area (Å²) in [7, 11) is -1.91. The van der Waals surface area contributed by atoms with Crippen LogP contribution in [0.2, 0.25) is 0 Å². The predicted octanol–water partition coefficient (Wildman–Crippen LogP) is 1.33. The van der Waals surface area contributed by atoms with Crippen LogP contribution < -0.4 is 5.73 Å². The molecule has 1 aromatic carbocycles. The first-order valence-corrected chi connectivity index (χ1v) is 7.15. The maximum absolute atomic E-state index is 12.1. The lowest BCUT2D eigenvalue weighted by molar-refractivity contribution is 0.392. The first kappa shape index (κ1) is 14.5. The van der Waals surface area contributed by atoms with Gasteiger partial charge in [0.1, 0.15) is 0 Å². The number of hydrogen-bond donors (Lipinski definition) is 1. The second-order valence-corrected chi connectivity index (χ2v) is 6.25. The second-order valence-electron chi connectivity index (χ2n) is 4.23. The van der Waals surface area contributed by atoms with Gasteiger partial charge in [-0.1, -0.05) is 12.1 Å². The number of hydrogen-bond acceptors (Lipinski definition) is 4. The molecule has 5 nitrogen and oxygen atoms in total. The van der Waals surface area contributed by atoms with Crippen LogP contribution in [0.1, 0.15) is 18.9 Å². The van der Waals surface area contributed by atoms with Crippen LogP contribution >= 0.6 is 0 Å². The fourth-order valence-corrected chi connectivity index (χ4v) is 2.90. The van der Waals surface area contributed by atoms with E-state index in [4.69, 9.17) is 11.0 Å². The normalized spacial score (nSPS) is 13.2. The SMILES string of the molecule is CC(CC#N)N(C)S(=O)(=O)Cc1ccc(N)cc1. The van der Waals surface area contributed by atoms with E-state index in [0.29, 0.717) is 11.3 Å². The lowest BCUT2D eigenvalue weighted by Gasteiger charge is -2.22. The maximum atomic E-state index is 12.1. The summed E-state index contributed by atoms with van der Waals surface area (Å²) in [6.45, 7) is 1.71. The van der Waals surface area contributed by atoms with Crippen molar-refractivity contribution >= 4 is 15.7 Å². The van der Waals surface area contributed by atoms with Crippen LogP contribution in [0.4, 0.5) is 5.69 Å². The van der Waals surface area contributed by atoms with E-state index in [9.17, 15) is 8.42 Å². The highest BCUT2D eigenvalue weighted by atomic mass is 32.2. The van der Waals surface area contributed by atoms with Crippen LogP contribution in [-0.4, -0.2) is 25.8 Å². The third kappa shape index (κ3) is 3.72. The molecule has 0 amide bonds. The highest BCUT2D eigenvalue weighted by Crippen LogP contribution is 2.14. The van der Waals surface area contributed by atoms with E-state index in [-0.39, 0.29) is 18.2 Å². The quantitative estimate of drug-likeness (QED) is 0.815. The first-order valence-electron chi connectivity index (χ1n) is 5.54. The smallest absolute Gasteiger partial charge is 0.218 e. The van der Waals surface area contributed by atoms with Crippen LogP contribution in [-0.2, 0) is 15.8 Å². The minimum absolute atomic E-state index is 0.0838. The third-order valence-corrected chi connectivity index (χ3v) is 4.71. The number of rotatable bonds is 5. The molecule has 0 bridgehead atoms. The van der Waals surface area contributed by atoms with Crippen LogP contribution in [0.3, 0.4) is 0 Å². The van der Waals surface area contributed by atoms with Gasteiger partial charge in [-0.25, -0.2) is 12.7 Å². The molecule has 0 aromatic heterocycles. The molecule has 0 saturated heterocycles. The van der Waals surface area contributed by atoms with Gasteiger partial charge in [-0.05, 0) is 24.6 Å². The van der Waals surface area contributed by atoms with Crippen LogP contribution in [0.5, 0.6) is 0 Å². The molecule has 0 saturated carbocycles. The Kier molecular flexibility index (Phi) is 4.70. The predicted molar refractivity (Wildman–Crippen MR) is 70.9 cm³/mol. The molecule has 0 spiro atoms. The van der Waals surface area contributed by atoms with Gasteiger partial charge in [0.05, 0.1) is 18.2 Å². The topological polar surface area (TPSA) is 87.2 Å². The molecule has 0 aliphatic heterocycles. The fraction of sp³-hybridized carbons (Fsp3) is 0.417. The molecule has 0 fully saturated rings. The van der Waals surface area contributed by atoms with Gasteiger partial charge in [-0.2, -0.15) is 5.26 Å². The van der Waals surface area contributed by atoms with Crippen molar-refractivity contribution in [3.63, 3.8) is 0 Å². The Bertz CT molecular complexity index is 531. The highest BCUT2D eigenvalue weighted by molar-refractivity contribution is 7.88. The van der Waals surface area contributed by atoms with Crippen LogP contribution in [0.25, 0.3) is 0 Å². The molecule has 98 valence electrons. The Hall–Kier alpha value is -1.58. The molecule has 1 rings (SSSR count). The van der Waals surface area contributed by atoms with E-state index in [0.717, 1.165) is 0 Å². The van der Waals surface area contributed by atoms with Gasteiger partial charge in [0.25, 0.3) is 0 Å². The summed E-state index contributed by atoms with van der Waals surface area (Å²) in [5.74, 6) is -0.0838. The minimum Gasteiger partial charge on any atom is -0.399 e. The van der Waals surface area contributed by atoms with E-state index >= 15 is 0 Å². The standard InChI is InChI=1S/C12H17N3O2S/c1-10(7-8-13)15(2)18(16,17)9-11-3-5-12(14)6-4-11/h3-6,10H,7,9,14H2,1-2H3. The van der Waals surface area contributed by atoms with Crippen molar-refractivity contribution in [2.75, 3.05) is 12.8 Å². The van der Waals surface area contributed by atoms with E-state index in [2.05, 4.69) is 0 Å². The molecule has 0 aliphatic rings. The summed E-state index contributed by atoms with van der Waals surface area (Å²) in [6, 6.07) is 8.36. The average Bonchev–Trinajstić information content (AvgIpc) is 2.31. The summed E-state index contributed by atoms with van der Waals surface area (Å²) >= 11 is 0. The molecule has 18 heavy (non-hydrogen) atoms. The van der Waals surface area contributed by atoms with Crippen molar-refractivity contribution in [1.29, 1.82) is 5.26 Å². The molecule has 6 heteroatoms. The van der Waals surface area contributed by atoms with Gasteiger partial charge in [-0.15, -0.1) is 0 Å². The van der Waals surface area contributed by atoms with Crippen molar-refractivity contribution in [3.05, 3.63) is 29.8 Å². The van der Waals surface area contributed by atoms with Gasteiger partial charge in [-0.3, -0.25) is 0 Å². The van der Waals surface area contributed by atoms with Crippen molar-refractivity contribution < 1.29 is 8.42 Å². The number of nitrogen functional groups attached to an aromatic ring is 1. The van der Waals surface area contributed by atoms with E-state index in [1.54, 1.807) is 31.2 Å². The molecular weight excluding hydrogens is 250 g/mol. The van der Waals surface area contributed by atoms with Gasteiger partial charge >= 0.3 is 0 Å². The largest absolute Gasteiger partial charge is 0.399 e. The molecule has 0 aliphatic carbocycles. The zero-order valence-electron chi connectivity index (χ0n) is 10.5. The van der Waals surface area contributed by atoms with Crippen LogP contribution in [0.15, 0.2) is 24.3 Å². The van der Waals surface area contributed by atoms with Crippen molar-refractivity contribution in [3.8, 4) is 6.07 Å². The molecule has 0 radical (unpaired) electrons. The van der Waals surface area contributed by atoms with E-state index < -0.39 is 10.0 Å². The van der Waals surface area contributed by atoms with E-state index in [1.807, 2.05) is 6.07 Å². The third-order valence-electron chi connectivity index (χ3n) is 2.77. The number of nitriles is 1. The summed E-state index contributed by atoms with van der Waals surface area (Å²) in [5, 5.41) is 8.59. The Morgan fingerprint density at radius 3 is 2.44 bits per heavy atom. The van der Waals surface area contributed by atoms with Gasteiger partial charge in [0.2, 0.25) is 10.0 Å². The van der Waals surface area contributed by atoms with Crippen molar-refractivity contribution in [2.45, 2.75) is 25.1 Å². The number of nitrogens with zero attached hydrogens (tertiary/aromatic N) is 2. The van der Waals surface area contributed by atoms with Crippen molar-refractivity contribution in [2.24, 2.45) is 0 Å². The Labute approximate surface area is 108 Å². The summed E-state index contributed by atoms with van der Waals surface area (Å²) in [6.07, 6.45) is 0.178. The minimum atomic E-state index is -3.41. The molecular formula is C12H17N3O2S. The fourth-order valence-electron chi connectivity index (χ4n) is 1.46. The molecule has 1 aromatic rings. The zero-order chi connectivity index (χ0) is 13.8. The highest BCUT2D eigenvalue weighted by Gasteiger charge is 2.23. The maximum Gasteiger partial charge on any atom is 0.218 e. The summed E-state index contributed by atoms with van der Waals surface area (Å²) in [5.41, 5.74) is 6.82. The number of nitrogens with two attached hydrogens (primary N) is 1. The Morgan fingerprint density at radius 2 is 1.94 bits per heavy atom. The first-order chi connectivity index (χ1) is 8.36. The summed E-state index contributed by atoms with van der Waals surface area (Å²) in [4.78, 5) is 0. The van der Waals surface area contributed by atoms with Crippen LogP contribution in [0, 0.1) is 11.3 Å². The van der Waals surface area contributed by atoms with E-state index in [1.165, 1.54) is 11.4 Å². The number of sulfonamides is 1. The van der Waals surface area contributed by atoms with Gasteiger partial charge < -0.3 is 5.73 Å². The van der Waals surface area contributed by atoms with Gasteiger partial charge in [0.15, 0.2) is 0 Å². The monoisotopic (exact) mass is 267 g/mol. The second kappa shape index (κ2) is 5.85. The zero-order valence-corrected chi connectivity index (χ0v) is 11.3. The molecule has 2 N–H and O–H groups in total. The number of anilines is 1. The molecule has 1 atom stereocenters. The van der Waals surface area contributed by atoms with Crippen molar-refractivity contribution in [1.82, 2.24) is 4.31 Å². The summed E-state index contributed by atoms with van der Waals surface area (Å²) < 4.78 is 25.4. The number of benzene rings is 1. The lowest BCUT2D eigenvalue weighted by atomic mass is 10.2. The lowest BCUT2D eigenvalue weighted by Crippen LogP contribution is -2.35. The Morgan fingerprint density at radius 1 is 1.39 bits per heavy atom. The van der Waals surface area contributed by atoms with Gasteiger partial charge in [0, 0.05) is 18.8 Å².